The van der Waals surface area contributed by atoms with Crippen molar-refractivity contribution in [3.8, 4) is 0 Å². The molecular weight excluding hydrogens is 102 g/mol. The highest BCUT2D eigenvalue weighted by atomic mass is 15.1. The normalized spacial score (nSPS) is 9.62. The smallest absolute Gasteiger partial charge is 0.121 e. The van der Waals surface area contributed by atoms with E-state index < -0.39 is 0 Å². The molecule has 1 aromatic heterocycles. The van der Waals surface area contributed by atoms with Gasteiger partial charge in [0.25, 0.3) is 0 Å². The molecule has 8 heavy (non-hydrogen) atoms. The molecule has 46 valence electrons. The van der Waals surface area contributed by atoms with Crippen LogP contribution in [0.2, 0.25) is 0 Å². The van der Waals surface area contributed by atoms with Crippen LogP contribution in [0.1, 0.15) is 13.9 Å². The summed E-state index contributed by atoms with van der Waals surface area (Å²) < 4.78 is 0. The number of aromatic nitrogens is 2. The van der Waals surface area contributed by atoms with Crippen molar-refractivity contribution in [3.63, 3.8) is 0 Å². The third kappa shape index (κ3) is 0.665. The predicted octanol–water partition coefficient (Wildman–Crippen LogP) is 0.800. The highest BCUT2D eigenvalue weighted by Gasteiger charge is 1.93. The van der Waals surface area contributed by atoms with Gasteiger partial charge >= 0.3 is 0 Å². The molecule has 0 amide bonds. The number of nitrogens with two attached hydrogens (primary N) is 1. The first-order chi connectivity index (χ1) is 3.84. The number of rotatable bonds is 1. The molecule has 0 saturated carbocycles. The summed E-state index contributed by atoms with van der Waals surface area (Å²) in [7, 11) is 0. The molecule has 0 radical (unpaired) electrons. The molecule has 3 N–H and O–H groups in total. The zero-order valence-electron chi connectivity index (χ0n) is 4.81. The minimum Gasteiger partial charge on any atom is -0.384 e. The number of nitrogens with one attached hydrogen (secondary N) is 1. The van der Waals surface area contributed by atoms with Crippen LogP contribution in [0.25, 0.3) is 0 Å². The topological polar surface area (TPSA) is 54.7 Å². The number of aryl methyl sites for hydroxylation is 1. The van der Waals surface area contributed by atoms with Gasteiger partial charge < -0.3 is 5.73 Å². The number of hydrogen-bond acceptors (Lipinski definition) is 2. The molecule has 3 heteroatoms. The lowest BCUT2D eigenvalue weighted by Gasteiger charge is -1.86. The fourth-order valence-corrected chi connectivity index (χ4v) is 0.603. The maximum absolute atomic E-state index is 5.43. The Morgan fingerprint density at radius 3 is 3.00 bits per heavy atom. The van der Waals surface area contributed by atoms with Crippen LogP contribution >= 0.6 is 0 Å². The maximum Gasteiger partial charge on any atom is 0.121 e. The highest BCUT2D eigenvalue weighted by molar-refractivity contribution is 5.36. The maximum atomic E-state index is 5.43. The van der Waals surface area contributed by atoms with Gasteiger partial charge in [0, 0.05) is 6.99 Å². The number of nitrogen functional groups attached to an aromatic ring is 1. The van der Waals surface area contributed by atoms with Crippen molar-refractivity contribution in [2.75, 3.05) is 5.73 Å². The SMILES string of the molecule is CCc1cn[nH]c1N.[HH]. The van der Waals surface area contributed by atoms with E-state index in [9.17, 15) is 0 Å². The third-order valence-corrected chi connectivity index (χ3v) is 1.13. The Hall–Kier alpha value is -0.990. The summed E-state index contributed by atoms with van der Waals surface area (Å²) in [6, 6.07) is 0. The van der Waals surface area contributed by atoms with E-state index in [1.165, 1.54) is 0 Å². The summed E-state index contributed by atoms with van der Waals surface area (Å²) >= 11 is 0. The average molecular weight is 113 g/mol. The molecule has 0 fully saturated rings. The van der Waals surface area contributed by atoms with E-state index in [4.69, 9.17) is 5.73 Å². The van der Waals surface area contributed by atoms with Gasteiger partial charge in [0.05, 0.1) is 6.20 Å². The van der Waals surface area contributed by atoms with Crippen molar-refractivity contribution >= 4 is 5.82 Å². The summed E-state index contributed by atoms with van der Waals surface area (Å²) in [5.74, 6) is 0.688. The van der Waals surface area contributed by atoms with Crippen molar-refractivity contribution in [2.24, 2.45) is 0 Å². The lowest BCUT2D eigenvalue weighted by Crippen LogP contribution is -1.88. The lowest BCUT2D eigenvalue weighted by atomic mass is 10.3. The van der Waals surface area contributed by atoms with Gasteiger partial charge in [0.15, 0.2) is 0 Å². The van der Waals surface area contributed by atoms with Gasteiger partial charge in [-0.15, -0.1) is 0 Å². The van der Waals surface area contributed by atoms with Crippen LogP contribution in [-0.4, -0.2) is 10.2 Å². The Morgan fingerprint density at radius 2 is 2.75 bits per heavy atom. The molecule has 0 aliphatic rings. The van der Waals surface area contributed by atoms with Gasteiger partial charge in [-0.1, -0.05) is 6.92 Å². The highest BCUT2D eigenvalue weighted by Crippen LogP contribution is 2.04. The van der Waals surface area contributed by atoms with Crippen LogP contribution in [-0.2, 0) is 6.42 Å². The Morgan fingerprint density at radius 1 is 2.00 bits per heavy atom. The fraction of sp³-hybridized carbons (Fsp3) is 0.400. The second kappa shape index (κ2) is 1.86. The molecule has 0 saturated heterocycles. The average Bonchev–Trinajstić information content (AvgIpc) is 2.14. The molecule has 1 rings (SSSR count). The number of hydrogen-bond donors (Lipinski definition) is 2. The van der Waals surface area contributed by atoms with Gasteiger partial charge in [-0.3, -0.25) is 5.10 Å². The van der Waals surface area contributed by atoms with E-state index in [0.717, 1.165) is 12.0 Å². The third-order valence-electron chi connectivity index (χ3n) is 1.13. The lowest BCUT2D eigenvalue weighted by molar-refractivity contribution is 1.10. The second-order valence-electron chi connectivity index (χ2n) is 1.66. The van der Waals surface area contributed by atoms with Crippen LogP contribution in [0.4, 0.5) is 5.82 Å². The van der Waals surface area contributed by atoms with Crippen molar-refractivity contribution in [3.05, 3.63) is 11.8 Å². The quantitative estimate of drug-likeness (QED) is 0.566. The molecule has 0 spiro atoms. The number of anilines is 1. The van der Waals surface area contributed by atoms with Crippen molar-refractivity contribution < 1.29 is 1.43 Å². The van der Waals surface area contributed by atoms with Gasteiger partial charge in [0.1, 0.15) is 5.82 Å². The van der Waals surface area contributed by atoms with Crippen molar-refractivity contribution in [2.45, 2.75) is 13.3 Å². The first-order valence-corrected chi connectivity index (χ1v) is 2.62. The monoisotopic (exact) mass is 113 g/mol. The Bertz CT molecular complexity index is 172. The summed E-state index contributed by atoms with van der Waals surface area (Å²) in [5, 5.41) is 6.39. The van der Waals surface area contributed by atoms with Crippen LogP contribution in [0.5, 0.6) is 0 Å². The summed E-state index contributed by atoms with van der Waals surface area (Å²) in [6.07, 6.45) is 2.69. The minimum absolute atomic E-state index is 0. The second-order valence-corrected chi connectivity index (χ2v) is 1.66. The van der Waals surface area contributed by atoms with Crippen LogP contribution < -0.4 is 5.73 Å². The summed E-state index contributed by atoms with van der Waals surface area (Å²) in [6.45, 7) is 2.04. The van der Waals surface area contributed by atoms with E-state index in [0.29, 0.717) is 5.82 Å². The molecule has 1 heterocycles. The molecule has 3 nitrogen and oxygen atoms in total. The van der Waals surface area contributed by atoms with Crippen LogP contribution in [0.3, 0.4) is 0 Å². The van der Waals surface area contributed by atoms with E-state index in [1.54, 1.807) is 6.20 Å². The van der Waals surface area contributed by atoms with E-state index in [-0.39, 0.29) is 1.43 Å². The summed E-state index contributed by atoms with van der Waals surface area (Å²) in [5.41, 5.74) is 6.52. The van der Waals surface area contributed by atoms with Gasteiger partial charge in [-0.2, -0.15) is 5.10 Å². The Labute approximate surface area is 49.4 Å². The van der Waals surface area contributed by atoms with Gasteiger partial charge in [-0.05, 0) is 6.42 Å². The standard InChI is InChI=1S/C5H9N3.H2/c1-2-4-3-7-8-5(4)6;/h3H,2H2,1H3,(H3,6,7,8);1H. The number of H-pyrrole nitrogens is 1. The molecule has 0 aliphatic heterocycles. The van der Waals surface area contributed by atoms with Gasteiger partial charge in [0.2, 0.25) is 0 Å². The van der Waals surface area contributed by atoms with Crippen molar-refractivity contribution in [1.29, 1.82) is 0 Å². The molecule has 0 aromatic carbocycles. The fourth-order valence-electron chi connectivity index (χ4n) is 0.603. The summed E-state index contributed by atoms with van der Waals surface area (Å²) in [4.78, 5) is 0. The van der Waals surface area contributed by atoms with Crippen LogP contribution in [0, 0.1) is 0 Å². The number of nitrogens with zero attached hydrogens (tertiary/aromatic N) is 1. The molecule has 0 unspecified atom stereocenters. The molecule has 0 bridgehead atoms. The molecule has 1 aromatic rings. The van der Waals surface area contributed by atoms with Crippen molar-refractivity contribution in [1.82, 2.24) is 10.2 Å². The number of aromatic amines is 1. The van der Waals surface area contributed by atoms with E-state index in [2.05, 4.69) is 10.2 Å². The van der Waals surface area contributed by atoms with E-state index in [1.807, 2.05) is 6.92 Å². The Kier molecular flexibility index (Phi) is 1.20. The first-order valence-electron chi connectivity index (χ1n) is 2.62. The first kappa shape index (κ1) is 5.15. The zero-order valence-corrected chi connectivity index (χ0v) is 4.81. The van der Waals surface area contributed by atoms with E-state index >= 15 is 0 Å². The molecule has 0 atom stereocenters. The molecule has 0 aliphatic carbocycles. The molecular formula is C5H11N3. The van der Waals surface area contributed by atoms with Crippen LogP contribution in [0.15, 0.2) is 6.20 Å². The van der Waals surface area contributed by atoms with Gasteiger partial charge in [-0.25, -0.2) is 0 Å². The predicted molar refractivity (Wildman–Crippen MR) is 34.5 cm³/mol. The Balaban J connectivity index is 0.000000640. The minimum atomic E-state index is 0. The zero-order chi connectivity index (χ0) is 5.98. The largest absolute Gasteiger partial charge is 0.384 e.